The first-order valence-corrected chi connectivity index (χ1v) is 11.6. The third-order valence-electron chi connectivity index (χ3n) is 4.65. The maximum atomic E-state index is 12.8. The van der Waals surface area contributed by atoms with Crippen molar-refractivity contribution in [3.63, 3.8) is 0 Å². The van der Waals surface area contributed by atoms with Crippen molar-refractivity contribution in [2.24, 2.45) is 0 Å². The lowest BCUT2D eigenvalue weighted by atomic mass is 10.2. The number of esters is 1. The molecule has 1 aromatic carbocycles. The van der Waals surface area contributed by atoms with Crippen molar-refractivity contribution in [3.05, 3.63) is 24.3 Å². The summed E-state index contributed by atoms with van der Waals surface area (Å²) in [5, 5.41) is 9.00. The van der Waals surface area contributed by atoms with Gasteiger partial charge in [-0.15, -0.1) is 10.2 Å². The van der Waals surface area contributed by atoms with Crippen molar-refractivity contribution in [1.29, 1.82) is 0 Å². The first kappa shape index (κ1) is 20.8. The van der Waals surface area contributed by atoms with Gasteiger partial charge < -0.3 is 9.30 Å². The highest BCUT2D eigenvalue weighted by Gasteiger charge is 2.26. The number of hydrogen-bond donors (Lipinski definition) is 0. The van der Waals surface area contributed by atoms with Crippen molar-refractivity contribution < 1.29 is 17.9 Å². The van der Waals surface area contributed by atoms with Crippen molar-refractivity contribution in [3.8, 4) is 11.4 Å². The Kier molecular flexibility index (Phi) is 6.73. The van der Waals surface area contributed by atoms with Gasteiger partial charge in [0.2, 0.25) is 10.0 Å². The molecule has 2 aromatic rings. The fourth-order valence-electron chi connectivity index (χ4n) is 3.11. The lowest BCUT2D eigenvalue weighted by molar-refractivity contribution is -0.137. The van der Waals surface area contributed by atoms with Gasteiger partial charge in [0.15, 0.2) is 11.0 Å². The summed E-state index contributed by atoms with van der Waals surface area (Å²) in [7, 11) is -2.11. The topological polar surface area (TPSA) is 94.4 Å². The van der Waals surface area contributed by atoms with E-state index in [1.165, 1.54) is 18.9 Å². The number of hydrogen-bond acceptors (Lipinski definition) is 7. The van der Waals surface area contributed by atoms with E-state index in [0.717, 1.165) is 24.8 Å². The second kappa shape index (κ2) is 9.06. The Hall–Kier alpha value is -1.91. The largest absolute Gasteiger partial charge is 0.468 e. The fraction of sp³-hybridized carbons (Fsp3) is 0.500. The number of benzene rings is 1. The van der Waals surface area contributed by atoms with E-state index in [2.05, 4.69) is 14.9 Å². The molecule has 1 fully saturated rings. The maximum Gasteiger partial charge on any atom is 0.316 e. The van der Waals surface area contributed by atoms with Gasteiger partial charge in [0.05, 0.1) is 17.8 Å². The van der Waals surface area contributed by atoms with Gasteiger partial charge in [-0.3, -0.25) is 4.79 Å². The summed E-state index contributed by atoms with van der Waals surface area (Å²) in [6, 6.07) is 6.74. The molecule has 0 radical (unpaired) electrons. The third-order valence-corrected chi connectivity index (χ3v) is 7.50. The Morgan fingerprint density at radius 2 is 1.82 bits per heavy atom. The van der Waals surface area contributed by atoms with Gasteiger partial charge >= 0.3 is 5.97 Å². The molecule has 0 amide bonds. The predicted octanol–water partition coefficient (Wildman–Crippen LogP) is 2.40. The monoisotopic (exact) mass is 424 g/mol. The van der Waals surface area contributed by atoms with Crippen LogP contribution in [0.4, 0.5) is 0 Å². The van der Waals surface area contributed by atoms with Gasteiger partial charge in [0.25, 0.3) is 0 Å². The van der Waals surface area contributed by atoms with Crippen LogP contribution in [-0.4, -0.2) is 59.4 Å². The SMILES string of the molecule is CCn1c(SCC(=O)OC)nnc1-c1ccc(S(=O)(=O)N2CCCCC2)cc1. The molecular weight excluding hydrogens is 400 g/mol. The first-order valence-electron chi connectivity index (χ1n) is 9.20. The fourth-order valence-corrected chi connectivity index (χ4v) is 5.46. The van der Waals surface area contributed by atoms with Gasteiger partial charge in [-0.1, -0.05) is 18.2 Å². The van der Waals surface area contributed by atoms with Gasteiger partial charge in [-0.05, 0) is 44.0 Å². The standard InChI is InChI=1S/C18H24N4O4S2/c1-3-22-17(19-20-18(22)27-13-16(23)26-2)14-7-9-15(10-8-14)28(24,25)21-11-5-4-6-12-21/h7-10H,3-6,11-13H2,1-2H3. The summed E-state index contributed by atoms with van der Waals surface area (Å²) in [5.74, 6) is 0.461. The van der Waals surface area contributed by atoms with E-state index in [0.29, 0.717) is 35.5 Å². The number of sulfonamides is 1. The average molecular weight is 425 g/mol. The Labute approximate surface area is 169 Å². The van der Waals surface area contributed by atoms with E-state index in [1.54, 1.807) is 28.6 Å². The van der Waals surface area contributed by atoms with E-state index in [4.69, 9.17) is 0 Å². The number of nitrogens with zero attached hydrogens (tertiary/aromatic N) is 4. The van der Waals surface area contributed by atoms with Crippen LogP contribution in [0.15, 0.2) is 34.3 Å². The summed E-state index contributed by atoms with van der Waals surface area (Å²) in [4.78, 5) is 11.7. The molecule has 3 rings (SSSR count). The molecule has 0 saturated carbocycles. The summed E-state index contributed by atoms with van der Waals surface area (Å²) in [6.07, 6.45) is 2.89. The minimum Gasteiger partial charge on any atom is -0.468 e. The van der Waals surface area contributed by atoms with Crippen LogP contribution in [-0.2, 0) is 26.1 Å². The maximum absolute atomic E-state index is 12.8. The number of ether oxygens (including phenoxy) is 1. The molecule has 2 heterocycles. The second-order valence-electron chi connectivity index (χ2n) is 6.40. The zero-order valence-electron chi connectivity index (χ0n) is 16.0. The minimum atomic E-state index is -3.46. The highest BCUT2D eigenvalue weighted by molar-refractivity contribution is 7.99. The average Bonchev–Trinajstić information content (AvgIpc) is 3.15. The van der Waals surface area contributed by atoms with E-state index < -0.39 is 10.0 Å². The molecule has 152 valence electrons. The molecule has 10 heteroatoms. The van der Waals surface area contributed by atoms with Crippen molar-refractivity contribution in [2.75, 3.05) is 26.0 Å². The lowest BCUT2D eigenvalue weighted by Gasteiger charge is -2.25. The molecular formula is C18H24N4O4S2. The summed E-state index contributed by atoms with van der Waals surface area (Å²) < 4.78 is 33.7. The quantitative estimate of drug-likeness (QED) is 0.497. The Morgan fingerprint density at radius 1 is 1.14 bits per heavy atom. The van der Waals surface area contributed by atoms with E-state index in [-0.39, 0.29) is 11.7 Å². The Morgan fingerprint density at radius 3 is 2.43 bits per heavy atom. The third kappa shape index (κ3) is 4.39. The summed E-state index contributed by atoms with van der Waals surface area (Å²) in [5.41, 5.74) is 0.775. The highest BCUT2D eigenvalue weighted by Crippen LogP contribution is 2.26. The molecule has 0 bridgehead atoms. The van der Waals surface area contributed by atoms with E-state index in [1.807, 2.05) is 11.5 Å². The molecule has 0 unspecified atom stereocenters. The van der Waals surface area contributed by atoms with E-state index in [9.17, 15) is 13.2 Å². The number of thioether (sulfide) groups is 1. The first-order chi connectivity index (χ1) is 13.5. The number of carbonyl (C=O) groups excluding carboxylic acids is 1. The van der Waals surface area contributed by atoms with Gasteiger partial charge in [0, 0.05) is 25.2 Å². The molecule has 8 nitrogen and oxygen atoms in total. The molecule has 1 aliphatic rings. The highest BCUT2D eigenvalue weighted by atomic mass is 32.2. The number of carbonyl (C=O) groups is 1. The normalized spacial score (nSPS) is 15.5. The van der Waals surface area contributed by atoms with Crippen molar-refractivity contribution >= 4 is 27.8 Å². The molecule has 0 N–H and O–H groups in total. The van der Waals surface area contributed by atoms with Crippen LogP contribution in [0, 0.1) is 0 Å². The minimum absolute atomic E-state index is 0.154. The smallest absolute Gasteiger partial charge is 0.316 e. The van der Waals surface area contributed by atoms with Crippen LogP contribution >= 0.6 is 11.8 Å². The molecule has 1 aromatic heterocycles. The van der Waals surface area contributed by atoms with Crippen LogP contribution in [0.3, 0.4) is 0 Å². The molecule has 28 heavy (non-hydrogen) atoms. The van der Waals surface area contributed by atoms with Crippen LogP contribution < -0.4 is 0 Å². The molecule has 0 aliphatic carbocycles. The second-order valence-corrected chi connectivity index (χ2v) is 9.28. The van der Waals surface area contributed by atoms with Crippen LogP contribution in [0.5, 0.6) is 0 Å². The van der Waals surface area contributed by atoms with Gasteiger partial charge in [0.1, 0.15) is 0 Å². The number of methoxy groups -OCH3 is 1. The lowest BCUT2D eigenvalue weighted by Crippen LogP contribution is -2.35. The molecule has 0 atom stereocenters. The van der Waals surface area contributed by atoms with Crippen LogP contribution in [0.1, 0.15) is 26.2 Å². The van der Waals surface area contributed by atoms with Crippen LogP contribution in [0.25, 0.3) is 11.4 Å². The van der Waals surface area contributed by atoms with Crippen molar-refractivity contribution in [1.82, 2.24) is 19.1 Å². The molecule has 1 saturated heterocycles. The number of rotatable bonds is 7. The van der Waals surface area contributed by atoms with Crippen LogP contribution in [0.2, 0.25) is 0 Å². The Bertz CT molecular complexity index is 920. The predicted molar refractivity (Wildman–Crippen MR) is 106 cm³/mol. The zero-order chi connectivity index (χ0) is 20.1. The Balaban J connectivity index is 1.81. The van der Waals surface area contributed by atoms with Gasteiger partial charge in [-0.25, -0.2) is 8.42 Å². The zero-order valence-corrected chi connectivity index (χ0v) is 17.6. The van der Waals surface area contributed by atoms with Crippen molar-refractivity contribution in [2.45, 2.75) is 42.8 Å². The summed E-state index contributed by atoms with van der Waals surface area (Å²) in [6.45, 7) is 3.74. The van der Waals surface area contributed by atoms with E-state index >= 15 is 0 Å². The number of piperidine rings is 1. The molecule has 0 spiro atoms. The number of aromatic nitrogens is 3. The summed E-state index contributed by atoms with van der Waals surface area (Å²) >= 11 is 1.26. The molecule has 1 aliphatic heterocycles. The van der Waals surface area contributed by atoms with Gasteiger partial charge in [-0.2, -0.15) is 4.31 Å².